The van der Waals surface area contributed by atoms with E-state index in [-0.39, 0.29) is 61.5 Å². The monoisotopic (exact) mass is 585 g/mol. The summed E-state index contributed by atoms with van der Waals surface area (Å²) in [7, 11) is 0. The Morgan fingerprint density at radius 2 is 1.23 bits per heavy atom. The number of nitrogens with zero attached hydrogens (tertiary/aromatic N) is 6. The fraction of sp³-hybridized carbons (Fsp3) is 0. The van der Waals surface area contributed by atoms with Crippen molar-refractivity contribution in [2.24, 2.45) is 17.2 Å². The van der Waals surface area contributed by atoms with E-state index in [4.69, 9.17) is 28.7 Å². The molecule has 0 unspecified atom stereocenters. The van der Waals surface area contributed by atoms with E-state index in [2.05, 4.69) is 25.8 Å². The van der Waals surface area contributed by atoms with Crippen LogP contribution < -0.4 is 50.0 Å². The molecule has 0 bridgehead atoms. The minimum Gasteiger partial charge on any atom is -0.396 e. The Morgan fingerprint density at radius 3 is 1.81 bits per heavy atom. The molecule has 2 aromatic carbocycles. The van der Waals surface area contributed by atoms with E-state index < -0.39 is 45.3 Å². The maximum Gasteiger partial charge on any atom is 0.173 e. The molecule has 3 heterocycles. The van der Waals surface area contributed by atoms with E-state index in [0.717, 1.165) is 0 Å². The molecule has 212 valence electrons. The fourth-order valence-electron chi connectivity index (χ4n) is 4.40. The number of pyridine rings is 3. The topological polar surface area (TPSA) is 264 Å². The van der Waals surface area contributed by atoms with Gasteiger partial charge in [-0.15, -0.1) is 0 Å². The first-order chi connectivity index (χ1) is 20.4. The van der Waals surface area contributed by atoms with E-state index in [1.165, 1.54) is 18.2 Å². The zero-order valence-electron chi connectivity index (χ0n) is 21.3. The Kier molecular flexibility index (Phi) is 6.45. The number of hydrazine groups is 1. The van der Waals surface area contributed by atoms with Crippen LogP contribution in [0.4, 0.5) is 34.8 Å². The summed E-state index contributed by atoms with van der Waals surface area (Å²) in [5.41, 5.74) is 32.4. The number of hydrogen-bond acceptors (Lipinski definition) is 13. The first kappa shape index (κ1) is 27.8. The molecule has 0 amide bonds. The molecule has 0 saturated carbocycles. The van der Waals surface area contributed by atoms with Crippen LogP contribution in [0.3, 0.4) is 0 Å². The molecule has 5 aromatic rings. The standard InChI is InChI=1S/C26H15F4N13/c27-17-15(24(35)36)18(28)20(30)16(19(17)29)26(38)43-42-12-3-9-8-2-11(34)25(37)41-22(8)23-10(21(9)40-14(12)6-33)1-7(4-31)13(5-32)39-23/h1-3,42-43H,34-36,38H2,(H2,37,41). The van der Waals surface area contributed by atoms with Crippen LogP contribution in [0.1, 0.15) is 17.0 Å². The van der Waals surface area contributed by atoms with Crippen LogP contribution in [-0.4, -0.2) is 15.0 Å². The molecule has 0 fully saturated rings. The van der Waals surface area contributed by atoms with Gasteiger partial charge in [0.1, 0.15) is 41.2 Å². The summed E-state index contributed by atoms with van der Waals surface area (Å²) in [6.07, 6.45) is 0. The zero-order chi connectivity index (χ0) is 31.3. The molecule has 0 saturated heterocycles. The van der Waals surface area contributed by atoms with Gasteiger partial charge in [0.25, 0.3) is 0 Å². The summed E-state index contributed by atoms with van der Waals surface area (Å²) < 4.78 is 58.2. The highest BCUT2D eigenvalue weighted by Gasteiger charge is 2.22. The van der Waals surface area contributed by atoms with Gasteiger partial charge >= 0.3 is 0 Å². The molecule has 12 N–H and O–H groups in total. The van der Waals surface area contributed by atoms with Gasteiger partial charge in [0.15, 0.2) is 34.7 Å². The van der Waals surface area contributed by atoms with Crippen LogP contribution in [0.2, 0.25) is 0 Å². The number of nitrogen functional groups attached to an aromatic ring is 2. The number of hydrogen-bond donors (Lipinski definition) is 7. The van der Waals surface area contributed by atoms with Gasteiger partial charge in [0.05, 0.1) is 38.4 Å². The first-order valence-corrected chi connectivity index (χ1v) is 11.7. The first-order valence-electron chi connectivity index (χ1n) is 11.7. The van der Waals surface area contributed by atoms with Gasteiger partial charge in [-0.1, -0.05) is 0 Å². The Labute approximate surface area is 236 Å². The third-order valence-corrected chi connectivity index (χ3v) is 6.38. The molecule has 0 spiro atoms. The van der Waals surface area contributed by atoms with Crippen LogP contribution in [0, 0.1) is 57.3 Å². The number of fused-ring (bicyclic) bond motifs is 6. The zero-order valence-corrected chi connectivity index (χ0v) is 21.3. The number of nitrogens with one attached hydrogen (secondary N) is 2. The maximum absolute atomic E-state index is 14.7. The second kappa shape index (κ2) is 9.99. The molecule has 13 nitrogen and oxygen atoms in total. The van der Waals surface area contributed by atoms with E-state index in [1.54, 1.807) is 0 Å². The number of benzene rings is 2. The molecule has 0 aliphatic heterocycles. The van der Waals surface area contributed by atoms with Gasteiger partial charge in [-0.25, -0.2) is 32.5 Å². The number of halogens is 4. The van der Waals surface area contributed by atoms with Gasteiger partial charge in [-0.05, 0) is 18.2 Å². The van der Waals surface area contributed by atoms with Crippen molar-refractivity contribution in [3.8, 4) is 18.2 Å². The molecule has 5 rings (SSSR count). The molecule has 0 aliphatic rings. The quantitative estimate of drug-likeness (QED) is 0.0650. The van der Waals surface area contributed by atoms with Crippen LogP contribution in [0.15, 0.2) is 18.2 Å². The number of rotatable bonds is 3. The van der Waals surface area contributed by atoms with Gasteiger partial charge < -0.3 is 28.7 Å². The van der Waals surface area contributed by atoms with E-state index in [0.29, 0.717) is 5.39 Å². The minimum absolute atomic E-state index is 0.0506. The van der Waals surface area contributed by atoms with E-state index in [9.17, 15) is 33.3 Å². The molecule has 0 atom stereocenters. The molecule has 0 aliphatic carbocycles. The molecule has 3 aromatic heterocycles. The van der Waals surface area contributed by atoms with Crippen molar-refractivity contribution in [3.63, 3.8) is 0 Å². The third-order valence-electron chi connectivity index (χ3n) is 6.38. The average molecular weight is 585 g/mol. The van der Waals surface area contributed by atoms with Crippen LogP contribution >= 0.6 is 0 Å². The minimum atomic E-state index is -1.89. The van der Waals surface area contributed by atoms with E-state index >= 15 is 0 Å². The van der Waals surface area contributed by atoms with E-state index in [1.807, 2.05) is 18.2 Å². The number of nitrogens with two attached hydrogens (primary N) is 5. The normalized spacial score (nSPS) is 10.7. The van der Waals surface area contributed by atoms with Gasteiger partial charge in [0.2, 0.25) is 0 Å². The van der Waals surface area contributed by atoms with Crippen molar-refractivity contribution in [1.82, 2.24) is 20.4 Å². The van der Waals surface area contributed by atoms with Crippen molar-refractivity contribution >= 4 is 61.5 Å². The van der Waals surface area contributed by atoms with Gasteiger partial charge in [-0.3, -0.25) is 10.9 Å². The highest BCUT2D eigenvalue weighted by atomic mass is 19.2. The second-order valence-electron chi connectivity index (χ2n) is 8.88. The second-order valence-corrected chi connectivity index (χ2v) is 8.88. The smallest absolute Gasteiger partial charge is 0.173 e. The summed E-state index contributed by atoms with van der Waals surface area (Å²) in [5.74, 6) is -9.51. The summed E-state index contributed by atoms with van der Waals surface area (Å²) in [5, 5.41) is 27.1. The third kappa shape index (κ3) is 4.19. The molecular weight excluding hydrogens is 570 g/mol. The largest absolute Gasteiger partial charge is 0.396 e. The molecule has 17 heteroatoms. The van der Waals surface area contributed by atoms with Crippen molar-refractivity contribution < 1.29 is 17.6 Å². The van der Waals surface area contributed by atoms with Crippen molar-refractivity contribution in [2.75, 3.05) is 16.9 Å². The summed E-state index contributed by atoms with van der Waals surface area (Å²) in [4.78, 5) is 12.9. The van der Waals surface area contributed by atoms with Gasteiger partial charge in [-0.2, -0.15) is 15.8 Å². The predicted molar refractivity (Wildman–Crippen MR) is 147 cm³/mol. The predicted octanol–water partition coefficient (Wildman–Crippen LogP) is 0.291. The molecule has 43 heavy (non-hydrogen) atoms. The maximum atomic E-state index is 14.7. The lowest BCUT2D eigenvalue weighted by Crippen LogP contribution is -2.39. The summed E-state index contributed by atoms with van der Waals surface area (Å²) in [6.45, 7) is 0. The van der Waals surface area contributed by atoms with Crippen LogP contribution in [0.5, 0.6) is 0 Å². The fourth-order valence-corrected chi connectivity index (χ4v) is 4.40. The highest BCUT2D eigenvalue weighted by Crippen LogP contribution is 2.37. The Hall–Kier alpha value is -6.80. The summed E-state index contributed by atoms with van der Waals surface area (Å²) in [6, 6.07) is 9.72. The number of anilines is 3. The lowest BCUT2D eigenvalue weighted by molar-refractivity contribution is 0.432. The van der Waals surface area contributed by atoms with Gasteiger partial charge in [0, 0.05) is 16.2 Å². The Morgan fingerprint density at radius 1 is 0.674 bits per heavy atom. The SMILES string of the molecule is N#Cc1cc2c3nc(C#N)c(NNC(N)=c4c(F)c(F)c(=C(N)N)c(F)c4F)cc3c3cc(N)c(N)nc3c2nc1C#N. The molecule has 0 radical (unpaired) electrons. The number of nitriles is 3. The Balaban J connectivity index is 1.78. The van der Waals surface area contributed by atoms with Crippen molar-refractivity contribution in [1.29, 1.82) is 15.8 Å². The highest BCUT2D eigenvalue weighted by molar-refractivity contribution is 6.23. The van der Waals surface area contributed by atoms with Crippen LogP contribution in [-0.2, 0) is 0 Å². The lowest BCUT2D eigenvalue weighted by atomic mass is 10.0. The summed E-state index contributed by atoms with van der Waals surface area (Å²) >= 11 is 0. The Bertz CT molecular complexity index is 2300. The van der Waals surface area contributed by atoms with Crippen molar-refractivity contribution in [2.45, 2.75) is 0 Å². The number of aromatic nitrogens is 3. The average Bonchev–Trinajstić information content (AvgIpc) is 2.98. The van der Waals surface area contributed by atoms with Crippen LogP contribution in [0.25, 0.3) is 44.4 Å². The van der Waals surface area contributed by atoms with Crippen molar-refractivity contribution in [3.05, 3.63) is 68.9 Å². The lowest BCUT2D eigenvalue weighted by Gasteiger charge is -2.15. The molecular formula is C26H15F4N13.